The van der Waals surface area contributed by atoms with Crippen LogP contribution < -0.4 is 5.32 Å². The van der Waals surface area contributed by atoms with Crippen molar-refractivity contribution in [1.82, 2.24) is 19.8 Å². The number of halogens is 1. The van der Waals surface area contributed by atoms with Crippen LogP contribution in [0.5, 0.6) is 0 Å². The van der Waals surface area contributed by atoms with E-state index in [0.29, 0.717) is 40.4 Å². The molecule has 1 aliphatic rings. The van der Waals surface area contributed by atoms with E-state index >= 15 is 0 Å². The van der Waals surface area contributed by atoms with Crippen molar-refractivity contribution in [3.05, 3.63) is 71.0 Å². The third-order valence-corrected chi connectivity index (χ3v) is 6.98. The second kappa shape index (κ2) is 9.34. The number of aromatic amines is 1. The Morgan fingerprint density at radius 1 is 0.971 bits per heavy atom. The van der Waals surface area contributed by atoms with Crippen molar-refractivity contribution in [1.29, 1.82) is 0 Å². The lowest BCUT2D eigenvalue weighted by molar-refractivity contribution is -0.122. The largest absolute Gasteiger partial charge is 0.390 e. The van der Waals surface area contributed by atoms with Crippen LogP contribution >= 0.6 is 11.6 Å². The van der Waals surface area contributed by atoms with E-state index < -0.39 is 17.9 Å². The van der Waals surface area contributed by atoms with Gasteiger partial charge in [0.05, 0.1) is 27.8 Å². The van der Waals surface area contributed by atoms with Crippen molar-refractivity contribution in [2.75, 3.05) is 19.6 Å². The number of carbonyl (C=O) groups is 2. The number of hydrogen-bond acceptors (Lipinski definition) is 4. The zero-order valence-electron chi connectivity index (χ0n) is 19.6. The van der Waals surface area contributed by atoms with Gasteiger partial charge in [-0.15, -0.1) is 0 Å². The number of likely N-dealkylation sites (N-methyl/N-ethyl adjacent to an activating group) is 1. The number of carbonyl (C=O) groups excluding carboxylic acids is 2. The van der Waals surface area contributed by atoms with Crippen LogP contribution in [0.4, 0.5) is 0 Å². The van der Waals surface area contributed by atoms with Crippen LogP contribution in [0.2, 0.25) is 5.02 Å². The number of benzene rings is 2. The van der Waals surface area contributed by atoms with Gasteiger partial charge in [-0.25, -0.2) is 0 Å². The highest BCUT2D eigenvalue weighted by molar-refractivity contribution is 6.51. The minimum atomic E-state index is -0.629. The molecule has 1 aliphatic heterocycles. The van der Waals surface area contributed by atoms with Crippen LogP contribution in [0.25, 0.3) is 33.0 Å². The Hall–Kier alpha value is -3.39. The number of H-pyrrole nitrogens is 1. The molecular weight excluding hydrogens is 464 g/mol. The lowest BCUT2D eigenvalue weighted by atomic mass is 9.95. The third-order valence-electron chi connectivity index (χ3n) is 6.68. The molecule has 7 nitrogen and oxygen atoms in total. The van der Waals surface area contributed by atoms with E-state index in [-0.39, 0.29) is 0 Å². The van der Waals surface area contributed by atoms with Crippen LogP contribution in [0.1, 0.15) is 25.0 Å². The Labute approximate surface area is 208 Å². The van der Waals surface area contributed by atoms with Crippen molar-refractivity contribution in [3.63, 3.8) is 0 Å². The summed E-state index contributed by atoms with van der Waals surface area (Å²) in [5.74, 6) is -0.878. The molecule has 2 amide bonds. The quantitative estimate of drug-likeness (QED) is 0.325. The number of para-hydroxylation sites is 2. The van der Waals surface area contributed by atoms with Crippen molar-refractivity contribution >= 4 is 56.4 Å². The number of amides is 2. The lowest BCUT2D eigenvalue weighted by Gasteiger charge is -2.22. The number of aliphatic hydroxyl groups excluding tert-OH is 1. The Morgan fingerprint density at radius 3 is 2.40 bits per heavy atom. The fourth-order valence-electron chi connectivity index (χ4n) is 4.97. The molecule has 0 saturated heterocycles. The van der Waals surface area contributed by atoms with Gasteiger partial charge in [0.2, 0.25) is 0 Å². The number of fused-ring (bicyclic) bond motifs is 2. The van der Waals surface area contributed by atoms with Gasteiger partial charge in [0.25, 0.3) is 11.8 Å². The molecule has 2 aromatic carbocycles. The van der Waals surface area contributed by atoms with Crippen LogP contribution in [0.15, 0.2) is 54.9 Å². The number of nitrogens with one attached hydrogen (secondary N) is 2. The van der Waals surface area contributed by atoms with Gasteiger partial charge < -0.3 is 19.6 Å². The van der Waals surface area contributed by atoms with Crippen molar-refractivity contribution in [2.24, 2.45) is 0 Å². The molecule has 0 radical (unpaired) electrons. The summed E-state index contributed by atoms with van der Waals surface area (Å²) >= 11 is 6.60. The summed E-state index contributed by atoms with van der Waals surface area (Å²) in [5.41, 5.74) is 3.52. The first-order valence-electron chi connectivity index (χ1n) is 11.8. The number of aliphatic hydroxyl groups is 1. The fourth-order valence-corrected chi connectivity index (χ4v) is 5.25. The lowest BCUT2D eigenvalue weighted by Crippen LogP contribution is -2.34. The van der Waals surface area contributed by atoms with Crippen LogP contribution in [-0.4, -0.2) is 57.1 Å². The van der Waals surface area contributed by atoms with E-state index in [1.165, 1.54) is 0 Å². The maximum absolute atomic E-state index is 13.1. The zero-order chi connectivity index (χ0) is 24.7. The SMILES string of the molecule is CCN(CC)CC(O)Cn1cc(C2=C(c3c[nH]c4ccccc34)C(=O)NC2=O)c2cccc(Cl)c21. The van der Waals surface area contributed by atoms with Gasteiger partial charge in [0.15, 0.2) is 0 Å². The average molecular weight is 491 g/mol. The van der Waals surface area contributed by atoms with E-state index in [4.69, 9.17) is 11.6 Å². The van der Waals surface area contributed by atoms with Crippen molar-refractivity contribution in [2.45, 2.75) is 26.5 Å². The maximum atomic E-state index is 13.1. The number of hydrogen-bond donors (Lipinski definition) is 3. The minimum absolute atomic E-state index is 0.308. The van der Waals surface area contributed by atoms with E-state index in [0.717, 1.165) is 34.9 Å². The summed E-state index contributed by atoms with van der Waals surface area (Å²) in [7, 11) is 0. The van der Waals surface area contributed by atoms with Crippen molar-refractivity contribution in [3.8, 4) is 0 Å². The molecule has 0 saturated carbocycles. The molecule has 2 aromatic heterocycles. The number of aromatic nitrogens is 2. The molecule has 4 aromatic rings. The first-order chi connectivity index (χ1) is 16.9. The Morgan fingerprint density at radius 2 is 1.66 bits per heavy atom. The summed E-state index contributed by atoms with van der Waals surface area (Å²) < 4.78 is 1.89. The molecule has 0 bridgehead atoms. The molecule has 35 heavy (non-hydrogen) atoms. The van der Waals surface area contributed by atoms with Crippen LogP contribution in [0.3, 0.4) is 0 Å². The highest BCUT2D eigenvalue weighted by atomic mass is 35.5. The second-order valence-corrected chi connectivity index (χ2v) is 9.16. The van der Waals surface area contributed by atoms with Crippen molar-refractivity contribution < 1.29 is 14.7 Å². The van der Waals surface area contributed by atoms with Gasteiger partial charge in [-0.3, -0.25) is 14.9 Å². The fraction of sp³-hybridized carbons (Fsp3) is 0.259. The van der Waals surface area contributed by atoms with Crippen LogP contribution in [0, 0.1) is 0 Å². The molecule has 0 fully saturated rings. The summed E-state index contributed by atoms with van der Waals surface area (Å²) in [5, 5.41) is 15.4. The van der Waals surface area contributed by atoms with Gasteiger partial charge in [-0.05, 0) is 25.2 Å². The smallest absolute Gasteiger partial charge is 0.259 e. The Kier molecular flexibility index (Phi) is 6.23. The molecule has 180 valence electrons. The van der Waals surface area contributed by atoms with E-state index in [1.54, 1.807) is 12.3 Å². The molecular formula is C27H27ClN4O3. The van der Waals surface area contributed by atoms with Gasteiger partial charge >= 0.3 is 0 Å². The van der Waals surface area contributed by atoms with E-state index in [2.05, 4.69) is 29.0 Å². The molecule has 8 heteroatoms. The molecule has 3 N–H and O–H groups in total. The molecule has 1 atom stereocenters. The normalized spacial score (nSPS) is 15.1. The monoisotopic (exact) mass is 490 g/mol. The molecule has 3 heterocycles. The number of nitrogens with zero attached hydrogens (tertiary/aromatic N) is 2. The molecule has 5 rings (SSSR count). The predicted molar refractivity (Wildman–Crippen MR) is 139 cm³/mol. The summed E-state index contributed by atoms with van der Waals surface area (Å²) in [6, 6.07) is 13.2. The Bertz CT molecular complexity index is 1480. The summed E-state index contributed by atoms with van der Waals surface area (Å²) in [4.78, 5) is 31.5. The van der Waals surface area contributed by atoms with Gasteiger partial charge in [0, 0.05) is 52.9 Å². The van der Waals surface area contributed by atoms with Gasteiger partial charge in [-0.1, -0.05) is 55.8 Å². The summed E-state index contributed by atoms with van der Waals surface area (Å²) in [6.07, 6.45) is 2.96. The highest BCUT2D eigenvalue weighted by Gasteiger charge is 2.35. The molecule has 1 unspecified atom stereocenters. The van der Waals surface area contributed by atoms with Gasteiger partial charge in [-0.2, -0.15) is 0 Å². The third kappa shape index (κ3) is 4.05. The standard InChI is InChI=1S/C27H27ClN4O3/c1-3-31(4-2)13-16(33)14-32-15-20(18-9-7-10-21(28)25(18)32)24-23(26(34)30-27(24)35)19-12-29-22-11-6-5-8-17(19)22/h5-12,15-16,29,33H,3-4,13-14H2,1-2H3,(H,30,34,35). The average Bonchev–Trinajstić information content (AvgIpc) is 3.51. The van der Waals surface area contributed by atoms with E-state index in [1.807, 2.05) is 47.2 Å². The first-order valence-corrected chi connectivity index (χ1v) is 12.1. The Balaban J connectivity index is 1.68. The minimum Gasteiger partial charge on any atom is -0.390 e. The molecule has 0 spiro atoms. The number of imide groups is 1. The summed E-state index contributed by atoms with van der Waals surface area (Å²) in [6.45, 7) is 6.64. The maximum Gasteiger partial charge on any atom is 0.259 e. The van der Waals surface area contributed by atoms with Gasteiger partial charge in [0.1, 0.15) is 0 Å². The van der Waals surface area contributed by atoms with E-state index in [9.17, 15) is 14.7 Å². The number of rotatable bonds is 8. The first kappa shape index (κ1) is 23.4. The van der Waals surface area contributed by atoms with Crippen LogP contribution in [-0.2, 0) is 16.1 Å². The second-order valence-electron chi connectivity index (χ2n) is 8.75. The predicted octanol–water partition coefficient (Wildman–Crippen LogP) is 4.05. The topological polar surface area (TPSA) is 90.4 Å². The highest BCUT2D eigenvalue weighted by Crippen LogP contribution is 2.39. The zero-order valence-corrected chi connectivity index (χ0v) is 20.4. The molecule has 0 aliphatic carbocycles.